The number of carbonyl (C=O) groups is 1. The summed E-state index contributed by atoms with van der Waals surface area (Å²) in [5.74, 6) is 0.180. The fourth-order valence-corrected chi connectivity index (χ4v) is 1.72. The lowest BCUT2D eigenvalue weighted by molar-refractivity contribution is -0.131. The number of methoxy groups -OCH3 is 1. The molecule has 1 aliphatic heterocycles. The minimum absolute atomic E-state index is 0.180. The molecule has 1 rings (SSSR count). The van der Waals surface area contributed by atoms with Gasteiger partial charge >= 0.3 is 0 Å². The standard InChI is InChI=1S/C11H23N3O2/c1-13(8-9-16-2)11(15)10-14-6-3-4-12-5-7-14/h12H,3-10H2,1-2H3. The largest absolute Gasteiger partial charge is 0.383 e. The number of carbonyl (C=O) groups excluding carboxylic acids is 1. The summed E-state index contributed by atoms with van der Waals surface area (Å²) >= 11 is 0. The molecule has 0 atom stereocenters. The molecule has 0 aliphatic carbocycles. The van der Waals surface area contributed by atoms with Crippen molar-refractivity contribution in [2.24, 2.45) is 0 Å². The van der Waals surface area contributed by atoms with E-state index in [-0.39, 0.29) is 5.91 Å². The van der Waals surface area contributed by atoms with E-state index in [4.69, 9.17) is 4.74 Å². The van der Waals surface area contributed by atoms with E-state index < -0.39 is 0 Å². The average molecular weight is 229 g/mol. The quantitative estimate of drug-likeness (QED) is 0.683. The lowest BCUT2D eigenvalue weighted by Crippen LogP contribution is -2.40. The maximum absolute atomic E-state index is 11.8. The normalized spacial score (nSPS) is 18.1. The molecule has 1 heterocycles. The fourth-order valence-electron chi connectivity index (χ4n) is 1.72. The highest BCUT2D eigenvalue weighted by molar-refractivity contribution is 5.77. The van der Waals surface area contributed by atoms with Crippen LogP contribution in [-0.4, -0.2) is 75.7 Å². The van der Waals surface area contributed by atoms with Crippen LogP contribution >= 0.6 is 0 Å². The van der Waals surface area contributed by atoms with Gasteiger partial charge in [-0.25, -0.2) is 0 Å². The molecule has 5 heteroatoms. The lowest BCUT2D eigenvalue weighted by atomic mass is 10.3. The van der Waals surface area contributed by atoms with Crippen LogP contribution in [0.5, 0.6) is 0 Å². The molecule has 0 saturated carbocycles. The van der Waals surface area contributed by atoms with Crippen LogP contribution in [0.15, 0.2) is 0 Å². The van der Waals surface area contributed by atoms with Gasteiger partial charge in [-0.1, -0.05) is 0 Å². The van der Waals surface area contributed by atoms with Gasteiger partial charge in [0.25, 0.3) is 0 Å². The summed E-state index contributed by atoms with van der Waals surface area (Å²) in [7, 11) is 3.48. The Morgan fingerprint density at radius 2 is 2.25 bits per heavy atom. The van der Waals surface area contributed by atoms with E-state index in [1.807, 2.05) is 7.05 Å². The van der Waals surface area contributed by atoms with Crippen LogP contribution in [0.25, 0.3) is 0 Å². The summed E-state index contributed by atoms with van der Waals surface area (Å²) in [6.07, 6.45) is 1.12. The van der Waals surface area contributed by atoms with Crippen LogP contribution in [-0.2, 0) is 9.53 Å². The highest BCUT2D eigenvalue weighted by Gasteiger charge is 2.15. The van der Waals surface area contributed by atoms with E-state index in [0.29, 0.717) is 19.7 Å². The second-order valence-electron chi connectivity index (χ2n) is 4.19. The summed E-state index contributed by atoms with van der Waals surface area (Å²) < 4.78 is 4.96. The Hall–Kier alpha value is -0.650. The molecular weight excluding hydrogens is 206 g/mol. The van der Waals surface area contributed by atoms with Gasteiger partial charge in [0.15, 0.2) is 0 Å². The van der Waals surface area contributed by atoms with Gasteiger partial charge in [-0.05, 0) is 19.5 Å². The van der Waals surface area contributed by atoms with Crippen LogP contribution in [0, 0.1) is 0 Å². The van der Waals surface area contributed by atoms with Crippen molar-refractivity contribution in [3.63, 3.8) is 0 Å². The van der Waals surface area contributed by atoms with E-state index in [0.717, 1.165) is 32.6 Å². The molecule has 1 aliphatic rings. The Morgan fingerprint density at radius 1 is 1.44 bits per heavy atom. The molecule has 0 aromatic heterocycles. The highest BCUT2D eigenvalue weighted by atomic mass is 16.5. The third-order valence-electron chi connectivity index (χ3n) is 2.85. The molecule has 0 aromatic carbocycles. The molecule has 1 saturated heterocycles. The van der Waals surface area contributed by atoms with E-state index in [2.05, 4.69) is 10.2 Å². The van der Waals surface area contributed by atoms with E-state index in [9.17, 15) is 4.79 Å². The number of amides is 1. The maximum Gasteiger partial charge on any atom is 0.236 e. The van der Waals surface area contributed by atoms with Crippen LogP contribution in [0.2, 0.25) is 0 Å². The van der Waals surface area contributed by atoms with Gasteiger partial charge in [0.05, 0.1) is 13.2 Å². The summed E-state index contributed by atoms with van der Waals surface area (Å²) in [4.78, 5) is 15.8. The Bertz CT molecular complexity index is 203. The minimum atomic E-state index is 0.180. The first kappa shape index (κ1) is 13.4. The van der Waals surface area contributed by atoms with Crippen LogP contribution in [0.3, 0.4) is 0 Å². The zero-order valence-electron chi connectivity index (χ0n) is 10.4. The van der Waals surface area contributed by atoms with Gasteiger partial charge < -0.3 is 15.0 Å². The third-order valence-corrected chi connectivity index (χ3v) is 2.85. The minimum Gasteiger partial charge on any atom is -0.383 e. The Balaban J connectivity index is 2.25. The van der Waals surface area contributed by atoms with Gasteiger partial charge in [-0.2, -0.15) is 0 Å². The Morgan fingerprint density at radius 3 is 3.00 bits per heavy atom. The maximum atomic E-state index is 11.8. The van der Waals surface area contributed by atoms with E-state index >= 15 is 0 Å². The van der Waals surface area contributed by atoms with E-state index in [1.54, 1.807) is 12.0 Å². The summed E-state index contributed by atoms with van der Waals surface area (Å²) in [6.45, 7) is 5.81. The number of nitrogens with zero attached hydrogens (tertiary/aromatic N) is 2. The summed E-state index contributed by atoms with van der Waals surface area (Å²) in [6, 6.07) is 0. The van der Waals surface area contributed by atoms with Crippen molar-refractivity contribution in [3.05, 3.63) is 0 Å². The number of ether oxygens (including phenoxy) is 1. The molecule has 0 aromatic rings. The topological polar surface area (TPSA) is 44.8 Å². The molecule has 16 heavy (non-hydrogen) atoms. The molecule has 1 fully saturated rings. The number of rotatable bonds is 5. The molecule has 5 nitrogen and oxygen atoms in total. The Kier molecular flexibility index (Phi) is 6.37. The van der Waals surface area contributed by atoms with Crippen molar-refractivity contribution in [1.82, 2.24) is 15.1 Å². The molecular formula is C11H23N3O2. The predicted octanol–water partition coefficient (Wildman–Crippen LogP) is -0.613. The number of likely N-dealkylation sites (N-methyl/N-ethyl adjacent to an activating group) is 1. The smallest absolute Gasteiger partial charge is 0.236 e. The van der Waals surface area contributed by atoms with Crippen molar-refractivity contribution in [3.8, 4) is 0 Å². The molecule has 1 N–H and O–H groups in total. The highest BCUT2D eigenvalue weighted by Crippen LogP contribution is 1.97. The Labute approximate surface area is 97.7 Å². The van der Waals surface area contributed by atoms with Gasteiger partial charge in [0.1, 0.15) is 0 Å². The zero-order chi connectivity index (χ0) is 11.8. The monoisotopic (exact) mass is 229 g/mol. The van der Waals surface area contributed by atoms with Crippen molar-refractivity contribution in [2.75, 3.05) is 60.0 Å². The SMILES string of the molecule is COCCN(C)C(=O)CN1CCCNCC1. The first-order valence-electron chi connectivity index (χ1n) is 5.90. The van der Waals surface area contributed by atoms with Crippen molar-refractivity contribution < 1.29 is 9.53 Å². The van der Waals surface area contributed by atoms with Crippen molar-refractivity contribution >= 4 is 5.91 Å². The molecule has 1 amide bonds. The zero-order valence-corrected chi connectivity index (χ0v) is 10.4. The second kappa shape index (κ2) is 7.60. The molecule has 0 radical (unpaired) electrons. The predicted molar refractivity (Wildman–Crippen MR) is 63.4 cm³/mol. The lowest BCUT2D eigenvalue weighted by Gasteiger charge is -2.23. The molecule has 0 spiro atoms. The van der Waals surface area contributed by atoms with E-state index in [1.165, 1.54) is 0 Å². The van der Waals surface area contributed by atoms with Gasteiger partial charge in [0, 0.05) is 33.8 Å². The fraction of sp³-hybridized carbons (Fsp3) is 0.909. The summed E-state index contributed by atoms with van der Waals surface area (Å²) in [5, 5.41) is 3.33. The molecule has 0 bridgehead atoms. The van der Waals surface area contributed by atoms with Gasteiger partial charge in [0.2, 0.25) is 5.91 Å². The molecule has 0 unspecified atom stereocenters. The van der Waals surface area contributed by atoms with Crippen molar-refractivity contribution in [1.29, 1.82) is 0 Å². The second-order valence-corrected chi connectivity index (χ2v) is 4.19. The van der Waals surface area contributed by atoms with Crippen LogP contribution in [0.1, 0.15) is 6.42 Å². The van der Waals surface area contributed by atoms with Crippen LogP contribution in [0.4, 0.5) is 0 Å². The van der Waals surface area contributed by atoms with Gasteiger partial charge in [-0.15, -0.1) is 0 Å². The number of nitrogens with one attached hydrogen (secondary N) is 1. The number of hydrogen-bond donors (Lipinski definition) is 1. The first-order valence-corrected chi connectivity index (χ1v) is 5.90. The van der Waals surface area contributed by atoms with Crippen molar-refractivity contribution in [2.45, 2.75) is 6.42 Å². The van der Waals surface area contributed by atoms with Crippen LogP contribution < -0.4 is 5.32 Å². The van der Waals surface area contributed by atoms with Gasteiger partial charge in [-0.3, -0.25) is 9.69 Å². The molecule has 94 valence electrons. The first-order chi connectivity index (χ1) is 7.74. The summed E-state index contributed by atoms with van der Waals surface area (Å²) in [5.41, 5.74) is 0. The third kappa shape index (κ3) is 4.92. The average Bonchev–Trinajstić information content (AvgIpc) is 2.54. The number of hydrogen-bond acceptors (Lipinski definition) is 4.